The van der Waals surface area contributed by atoms with E-state index in [1.165, 1.54) is 48.5 Å². The summed E-state index contributed by atoms with van der Waals surface area (Å²) in [7, 11) is -13.2. The number of hydrogen-bond acceptors (Lipinski definition) is 8. The van der Waals surface area contributed by atoms with Crippen molar-refractivity contribution in [2.24, 2.45) is 0 Å². The third-order valence-corrected chi connectivity index (χ3v) is 9.89. The second-order valence-electron chi connectivity index (χ2n) is 6.26. The number of benzene rings is 2. The summed E-state index contributed by atoms with van der Waals surface area (Å²) in [5, 5.41) is 10.2. The minimum Gasteiger partial charge on any atom is -0.266 e. The molecule has 0 atom stereocenters. The van der Waals surface area contributed by atoms with Gasteiger partial charge in [0.15, 0.2) is 10.1 Å². The van der Waals surface area contributed by atoms with Crippen LogP contribution in [0.1, 0.15) is 0 Å². The van der Waals surface area contributed by atoms with E-state index in [9.17, 15) is 25.3 Å². The Morgan fingerprint density at radius 2 is 0.871 bits per heavy atom. The van der Waals surface area contributed by atoms with E-state index in [1.54, 1.807) is 12.1 Å². The van der Waals surface area contributed by atoms with E-state index < -0.39 is 49.4 Å². The third kappa shape index (κ3) is 3.45. The first kappa shape index (κ1) is 21.0. The second-order valence-corrected chi connectivity index (χ2v) is 11.9. The van der Waals surface area contributed by atoms with Crippen LogP contribution in [0, 0.1) is 0 Å². The molecule has 0 unspecified atom stereocenters. The summed E-state index contributed by atoms with van der Waals surface area (Å²) in [4.78, 5) is -1.69. The molecule has 4 aromatic rings. The van der Waals surface area contributed by atoms with E-state index in [4.69, 9.17) is 0 Å². The van der Waals surface area contributed by atoms with Gasteiger partial charge in [0.05, 0.1) is 22.2 Å². The number of aromatic amines is 2. The molecule has 4 rings (SSSR count). The maximum Gasteiger partial charge on any atom is 0.224 e. The fourth-order valence-corrected chi connectivity index (χ4v) is 7.85. The Morgan fingerprint density at radius 1 is 0.516 bits per heavy atom. The Kier molecular flexibility index (Phi) is 5.03. The van der Waals surface area contributed by atoms with Crippen molar-refractivity contribution >= 4 is 29.5 Å². The van der Waals surface area contributed by atoms with Gasteiger partial charge in [0.25, 0.3) is 0 Å². The molecule has 0 aliphatic rings. The summed E-state index contributed by atoms with van der Waals surface area (Å²) in [5.41, 5.74) is 0. The van der Waals surface area contributed by atoms with E-state index in [2.05, 4.69) is 20.4 Å². The number of sulfone groups is 3. The molecular weight excluding hydrogens is 464 g/mol. The predicted molar refractivity (Wildman–Crippen MR) is 106 cm³/mol. The molecule has 0 saturated heterocycles. The molecule has 13 heteroatoms. The Morgan fingerprint density at radius 3 is 1.23 bits per heavy atom. The molecular formula is C18H14N4O6S3. The lowest BCUT2D eigenvalue weighted by Gasteiger charge is -2.08. The summed E-state index contributed by atoms with van der Waals surface area (Å²) in [6, 6.07) is 14.4. The summed E-state index contributed by atoms with van der Waals surface area (Å²) in [6.45, 7) is 0. The van der Waals surface area contributed by atoms with Gasteiger partial charge in [-0.25, -0.2) is 25.3 Å². The third-order valence-electron chi connectivity index (χ3n) is 4.37. The summed E-state index contributed by atoms with van der Waals surface area (Å²) in [5.74, 6) is 0. The molecule has 10 nitrogen and oxygen atoms in total. The first-order chi connectivity index (χ1) is 14.7. The molecule has 2 aromatic carbocycles. The van der Waals surface area contributed by atoms with Gasteiger partial charge in [-0.15, -0.1) is 0 Å². The summed E-state index contributed by atoms with van der Waals surface area (Å²) in [6.07, 6.45) is 1.63. The van der Waals surface area contributed by atoms with Gasteiger partial charge >= 0.3 is 0 Å². The number of nitrogens with zero attached hydrogens (tertiary/aromatic N) is 2. The van der Waals surface area contributed by atoms with Gasteiger partial charge in [-0.2, -0.15) is 10.2 Å². The number of rotatable bonds is 6. The van der Waals surface area contributed by atoms with Gasteiger partial charge in [0.2, 0.25) is 29.5 Å². The van der Waals surface area contributed by atoms with Crippen LogP contribution in [-0.2, 0) is 29.5 Å². The Balaban J connectivity index is 1.88. The average molecular weight is 479 g/mol. The second kappa shape index (κ2) is 7.44. The van der Waals surface area contributed by atoms with Crippen molar-refractivity contribution in [2.45, 2.75) is 29.6 Å². The predicted octanol–water partition coefficient (Wildman–Crippen LogP) is 1.63. The van der Waals surface area contributed by atoms with E-state index in [0.717, 1.165) is 12.4 Å². The molecule has 2 heterocycles. The van der Waals surface area contributed by atoms with Crippen molar-refractivity contribution in [1.82, 2.24) is 20.4 Å². The molecule has 0 aliphatic heterocycles. The molecule has 0 fully saturated rings. The van der Waals surface area contributed by atoms with Crippen LogP contribution < -0.4 is 0 Å². The van der Waals surface area contributed by atoms with Gasteiger partial charge in [-0.05, 0) is 24.3 Å². The Hall–Kier alpha value is -3.29. The van der Waals surface area contributed by atoms with Gasteiger partial charge < -0.3 is 0 Å². The first-order valence-electron chi connectivity index (χ1n) is 8.59. The van der Waals surface area contributed by atoms with Crippen LogP contribution >= 0.6 is 0 Å². The SMILES string of the molecule is O=S(=O)(c1cn[nH]c1S(=O)(=O)c1ccccc1)c1cn[nH]c1S(=O)(=O)c1ccccc1. The summed E-state index contributed by atoms with van der Waals surface area (Å²) >= 11 is 0. The highest BCUT2D eigenvalue weighted by Gasteiger charge is 2.36. The van der Waals surface area contributed by atoms with Gasteiger partial charge in [0, 0.05) is 0 Å². The van der Waals surface area contributed by atoms with Crippen molar-refractivity contribution < 1.29 is 25.3 Å². The monoisotopic (exact) mass is 478 g/mol. The van der Waals surface area contributed by atoms with Crippen molar-refractivity contribution in [3.05, 3.63) is 73.1 Å². The topological polar surface area (TPSA) is 160 Å². The molecule has 160 valence electrons. The van der Waals surface area contributed by atoms with Crippen LogP contribution in [-0.4, -0.2) is 45.6 Å². The molecule has 0 radical (unpaired) electrons. The Bertz CT molecular complexity index is 1440. The molecule has 0 amide bonds. The van der Waals surface area contributed by atoms with Gasteiger partial charge in [-0.1, -0.05) is 36.4 Å². The van der Waals surface area contributed by atoms with Gasteiger partial charge in [-0.3, -0.25) is 10.2 Å². The first-order valence-corrected chi connectivity index (χ1v) is 13.0. The standard InChI is InChI=1S/C18H14N4O6S3/c23-29(24,13-7-3-1-4-8-13)17-15(11-19-21-17)31(27,28)16-12-20-22-18(16)30(25,26)14-9-5-2-6-10-14/h1-12H,(H,19,21)(H,20,22). The van der Waals surface area contributed by atoms with Crippen molar-refractivity contribution in [1.29, 1.82) is 0 Å². The Labute approximate surface area is 177 Å². The maximum atomic E-state index is 13.3. The molecule has 2 aromatic heterocycles. The fraction of sp³-hybridized carbons (Fsp3) is 0. The summed E-state index contributed by atoms with van der Waals surface area (Å²) < 4.78 is 78.4. The molecule has 0 spiro atoms. The van der Waals surface area contributed by atoms with Crippen molar-refractivity contribution in [2.75, 3.05) is 0 Å². The number of hydrogen-bond donors (Lipinski definition) is 2. The molecule has 0 bridgehead atoms. The molecule has 2 N–H and O–H groups in total. The van der Waals surface area contributed by atoms with Crippen molar-refractivity contribution in [3.8, 4) is 0 Å². The zero-order valence-electron chi connectivity index (χ0n) is 15.5. The van der Waals surface area contributed by atoms with Crippen LogP contribution in [0.4, 0.5) is 0 Å². The molecule has 31 heavy (non-hydrogen) atoms. The lowest BCUT2D eigenvalue weighted by Crippen LogP contribution is -2.13. The van der Waals surface area contributed by atoms with E-state index in [0.29, 0.717) is 0 Å². The largest absolute Gasteiger partial charge is 0.266 e. The lowest BCUT2D eigenvalue weighted by molar-refractivity contribution is 0.574. The minimum absolute atomic E-state index is 0.153. The van der Waals surface area contributed by atoms with Crippen molar-refractivity contribution in [3.63, 3.8) is 0 Å². The number of H-pyrrole nitrogens is 2. The average Bonchev–Trinajstić information content (AvgIpc) is 3.46. The van der Waals surface area contributed by atoms with E-state index in [-0.39, 0.29) is 9.79 Å². The highest BCUT2D eigenvalue weighted by atomic mass is 32.2. The molecule has 0 aliphatic carbocycles. The van der Waals surface area contributed by atoms with Crippen LogP contribution in [0.25, 0.3) is 0 Å². The van der Waals surface area contributed by atoms with Gasteiger partial charge in [0.1, 0.15) is 9.79 Å². The van der Waals surface area contributed by atoms with Crippen LogP contribution in [0.2, 0.25) is 0 Å². The highest BCUT2D eigenvalue weighted by Crippen LogP contribution is 2.33. The number of nitrogens with one attached hydrogen (secondary N) is 2. The smallest absolute Gasteiger partial charge is 0.224 e. The lowest BCUT2D eigenvalue weighted by atomic mass is 10.4. The fourth-order valence-electron chi connectivity index (χ4n) is 2.85. The van der Waals surface area contributed by atoms with E-state index >= 15 is 0 Å². The quantitative estimate of drug-likeness (QED) is 0.423. The number of aromatic nitrogens is 4. The zero-order valence-corrected chi connectivity index (χ0v) is 17.9. The van der Waals surface area contributed by atoms with Crippen LogP contribution in [0.3, 0.4) is 0 Å². The molecule has 0 saturated carbocycles. The van der Waals surface area contributed by atoms with Crippen LogP contribution in [0.15, 0.2) is 103 Å². The highest BCUT2D eigenvalue weighted by molar-refractivity contribution is 7.96. The normalized spacial score (nSPS) is 12.6. The maximum absolute atomic E-state index is 13.3. The minimum atomic E-state index is -4.64. The van der Waals surface area contributed by atoms with E-state index in [1.807, 2.05) is 0 Å². The van der Waals surface area contributed by atoms with Crippen LogP contribution in [0.5, 0.6) is 0 Å². The zero-order chi connectivity index (χ0) is 22.3.